The molecule has 0 aliphatic heterocycles. The molecule has 0 aromatic heterocycles. The lowest BCUT2D eigenvalue weighted by molar-refractivity contribution is 0.159. The van der Waals surface area contributed by atoms with Gasteiger partial charge in [0.2, 0.25) is 0 Å². The molecular weight excluding hydrogens is 222 g/mol. The Hall–Kier alpha value is -0.860. The number of rotatable bonds is 8. The fourth-order valence-corrected chi connectivity index (χ4v) is 2.28. The van der Waals surface area contributed by atoms with Gasteiger partial charge in [-0.1, -0.05) is 57.5 Å². The molecular formula is C16H27NO. The highest BCUT2D eigenvalue weighted by molar-refractivity contribution is 5.20. The maximum atomic E-state index is 9.71. The zero-order valence-electron chi connectivity index (χ0n) is 11.9. The molecule has 1 aromatic rings. The maximum Gasteiger partial charge on any atom is 0.0664 e. The van der Waals surface area contributed by atoms with Crippen LogP contribution in [0.25, 0.3) is 0 Å². The Kier molecular flexibility index (Phi) is 6.99. The number of aliphatic hydroxyl groups is 1. The molecule has 0 fully saturated rings. The van der Waals surface area contributed by atoms with Crippen molar-refractivity contribution >= 4 is 0 Å². The first-order valence-electron chi connectivity index (χ1n) is 7.08. The molecule has 1 aromatic carbocycles. The highest BCUT2D eigenvalue weighted by atomic mass is 16.3. The van der Waals surface area contributed by atoms with E-state index in [1.165, 1.54) is 5.56 Å². The molecule has 2 atom stereocenters. The van der Waals surface area contributed by atoms with Gasteiger partial charge in [0.05, 0.1) is 6.10 Å². The predicted octanol–water partition coefficient (Wildman–Crippen LogP) is 3.18. The zero-order chi connectivity index (χ0) is 13.4. The van der Waals surface area contributed by atoms with Crippen LogP contribution in [0.2, 0.25) is 0 Å². The van der Waals surface area contributed by atoms with Gasteiger partial charge < -0.3 is 10.4 Å². The smallest absolute Gasteiger partial charge is 0.0664 e. The lowest BCUT2D eigenvalue weighted by Gasteiger charge is -2.22. The van der Waals surface area contributed by atoms with Crippen LogP contribution < -0.4 is 5.32 Å². The highest BCUT2D eigenvalue weighted by Crippen LogP contribution is 2.23. The van der Waals surface area contributed by atoms with E-state index in [1.807, 2.05) is 0 Å². The second-order valence-electron chi connectivity index (χ2n) is 5.36. The van der Waals surface area contributed by atoms with E-state index >= 15 is 0 Å². The standard InChI is InChI=1S/C16H27NO/c1-4-8-15(18)11-17-12-16(13(2)3)14-9-6-5-7-10-14/h5-7,9-10,13,15-18H,4,8,11-12H2,1-3H3. The van der Waals surface area contributed by atoms with Gasteiger partial charge in [0.25, 0.3) is 0 Å². The van der Waals surface area contributed by atoms with Crippen molar-refractivity contribution in [3.05, 3.63) is 35.9 Å². The molecule has 1 rings (SSSR count). The molecule has 0 amide bonds. The van der Waals surface area contributed by atoms with Crippen LogP contribution in [-0.4, -0.2) is 24.3 Å². The average molecular weight is 249 g/mol. The summed E-state index contributed by atoms with van der Waals surface area (Å²) >= 11 is 0. The van der Waals surface area contributed by atoms with Crippen LogP contribution >= 0.6 is 0 Å². The molecule has 0 aliphatic rings. The van der Waals surface area contributed by atoms with Gasteiger partial charge in [-0.25, -0.2) is 0 Å². The van der Waals surface area contributed by atoms with Crippen molar-refractivity contribution in [3.8, 4) is 0 Å². The van der Waals surface area contributed by atoms with Crippen LogP contribution in [0.4, 0.5) is 0 Å². The van der Waals surface area contributed by atoms with Gasteiger partial charge in [0, 0.05) is 13.1 Å². The van der Waals surface area contributed by atoms with E-state index in [2.05, 4.69) is 56.4 Å². The number of hydrogen-bond donors (Lipinski definition) is 2. The molecule has 102 valence electrons. The summed E-state index contributed by atoms with van der Waals surface area (Å²) in [5.74, 6) is 1.11. The fraction of sp³-hybridized carbons (Fsp3) is 0.625. The molecule has 18 heavy (non-hydrogen) atoms. The minimum atomic E-state index is -0.210. The predicted molar refractivity (Wildman–Crippen MR) is 77.8 cm³/mol. The van der Waals surface area contributed by atoms with Crippen molar-refractivity contribution in [2.24, 2.45) is 5.92 Å². The van der Waals surface area contributed by atoms with E-state index in [4.69, 9.17) is 0 Å². The second-order valence-corrected chi connectivity index (χ2v) is 5.36. The molecule has 2 unspecified atom stereocenters. The van der Waals surface area contributed by atoms with E-state index in [1.54, 1.807) is 0 Å². The number of nitrogens with one attached hydrogen (secondary N) is 1. The molecule has 0 spiro atoms. The highest BCUT2D eigenvalue weighted by Gasteiger charge is 2.15. The van der Waals surface area contributed by atoms with Crippen LogP contribution in [0.1, 0.15) is 45.1 Å². The molecule has 2 heteroatoms. The fourth-order valence-electron chi connectivity index (χ4n) is 2.28. The second kappa shape index (κ2) is 8.28. The van der Waals surface area contributed by atoms with E-state index < -0.39 is 0 Å². The van der Waals surface area contributed by atoms with Gasteiger partial charge >= 0.3 is 0 Å². The van der Waals surface area contributed by atoms with Crippen molar-refractivity contribution in [3.63, 3.8) is 0 Å². The summed E-state index contributed by atoms with van der Waals surface area (Å²) in [4.78, 5) is 0. The third-order valence-corrected chi connectivity index (χ3v) is 3.40. The Balaban J connectivity index is 2.45. The number of benzene rings is 1. The maximum absolute atomic E-state index is 9.71. The molecule has 0 saturated heterocycles. The molecule has 0 bridgehead atoms. The summed E-state index contributed by atoms with van der Waals surface area (Å²) in [5.41, 5.74) is 1.38. The Bertz CT molecular complexity index is 310. The van der Waals surface area contributed by atoms with Gasteiger partial charge in [-0.2, -0.15) is 0 Å². The lowest BCUT2D eigenvalue weighted by Crippen LogP contribution is -2.31. The van der Waals surface area contributed by atoms with Gasteiger partial charge in [0.15, 0.2) is 0 Å². The van der Waals surface area contributed by atoms with E-state index in [9.17, 15) is 5.11 Å². The SMILES string of the molecule is CCCC(O)CNCC(c1ccccc1)C(C)C. The van der Waals surface area contributed by atoms with Crippen molar-refractivity contribution < 1.29 is 5.11 Å². The van der Waals surface area contributed by atoms with Gasteiger partial charge in [0.1, 0.15) is 0 Å². The summed E-state index contributed by atoms with van der Waals surface area (Å²) in [5, 5.41) is 13.1. The summed E-state index contributed by atoms with van der Waals surface area (Å²) in [6.07, 6.45) is 1.71. The Morgan fingerprint density at radius 3 is 2.33 bits per heavy atom. The molecule has 0 saturated carbocycles. The first kappa shape index (κ1) is 15.2. The zero-order valence-corrected chi connectivity index (χ0v) is 11.9. The topological polar surface area (TPSA) is 32.3 Å². The number of hydrogen-bond acceptors (Lipinski definition) is 2. The molecule has 0 aliphatic carbocycles. The van der Waals surface area contributed by atoms with E-state index in [0.29, 0.717) is 18.4 Å². The molecule has 2 N–H and O–H groups in total. The van der Waals surface area contributed by atoms with Crippen molar-refractivity contribution in [2.75, 3.05) is 13.1 Å². The van der Waals surface area contributed by atoms with E-state index in [-0.39, 0.29) is 6.10 Å². The lowest BCUT2D eigenvalue weighted by atomic mass is 9.88. The Morgan fingerprint density at radius 2 is 1.78 bits per heavy atom. The molecule has 0 heterocycles. The quantitative estimate of drug-likeness (QED) is 0.741. The van der Waals surface area contributed by atoms with Crippen LogP contribution in [-0.2, 0) is 0 Å². The normalized spacial score (nSPS) is 14.7. The van der Waals surface area contributed by atoms with Crippen molar-refractivity contribution in [2.45, 2.75) is 45.6 Å². The summed E-state index contributed by atoms with van der Waals surface area (Å²) in [6, 6.07) is 10.6. The average Bonchev–Trinajstić information content (AvgIpc) is 2.35. The summed E-state index contributed by atoms with van der Waals surface area (Å²) in [6.45, 7) is 8.24. The van der Waals surface area contributed by atoms with E-state index in [0.717, 1.165) is 19.4 Å². The monoisotopic (exact) mass is 249 g/mol. The van der Waals surface area contributed by atoms with Gasteiger partial charge in [-0.15, -0.1) is 0 Å². The first-order chi connectivity index (χ1) is 8.65. The van der Waals surface area contributed by atoms with Crippen LogP contribution in [0.15, 0.2) is 30.3 Å². The largest absolute Gasteiger partial charge is 0.392 e. The van der Waals surface area contributed by atoms with Crippen molar-refractivity contribution in [1.29, 1.82) is 0 Å². The van der Waals surface area contributed by atoms with Crippen molar-refractivity contribution in [1.82, 2.24) is 5.32 Å². The molecule has 0 radical (unpaired) electrons. The molecule has 2 nitrogen and oxygen atoms in total. The van der Waals surface area contributed by atoms with Crippen LogP contribution in [0.5, 0.6) is 0 Å². The Morgan fingerprint density at radius 1 is 1.11 bits per heavy atom. The third-order valence-electron chi connectivity index (χ3n) is 3.40. The minimum absolute atomic E-state index is 0.210. The van der Waals surface area contributed by atoms with Gasteiger partial charge in [-0.05, 0) is 23.8 Å². The number of aliphatic hydroxyl groups excluding tert-OH is 1. The first-order valence-corrected chi connectivity index (χ1v) is 7.08. The Labute approximate surface area is 111 Å². The van der Waals surface area contributed by atoms with Crippen LogP contribution in [0.3, 0.4) is 0 Å². The summed E-state index contributed by atoms with van der Waals surface area (Å²) < 4.78 is 0. The third kappa shape index (κ3) is 5.19. The minimum Gasteiger partial charge on any atom is -0.392 e. The summed E-state index contributed by atoms with van der Waals surface area (Å²) in [7, 11) is 0. The van der Waals surface area contributed by atoms with Crippen LogP contribution in [0, 0.1) is 5.92 Å². The van der Waals surface area contributed by atoms with Gasteiger partial charge in [-0.3, -0.25) is 0 Å².